The summed E-state index contributed by atoms with van der Waals surface area (Å²) < 4.78 is 0. The van der Waals surface area contributed by atoms with Gasteiger partial charge in [-0.15, -0.1) is 11.8 Å². The predicted octanol–water partition coefficient (Wildman–Crippen LogP) is 3.99. The fourth-order valence-electron chi connectivity index (χ4n) is 2.52. The van der Waals surface area contributed by atoms with Crippen molar-refractivity contribution in [1.29, 1.82) is 0 Å². The van der Waals surface area contributed by atoms with Crippen LogP contribution in [0.3, 0.4) is 0 Å². The molecule has 104 valence electrons. The molecule has 0 atom stereocenters. The quantitative estimate of drug-likeness (QED) is 0.841. The third kappa shape index (κ3) is 2.69. The highest BCUT2D eigenvalue weighted by atomic mass is 32.2. The Morgan fingerprint density at radius 2 is 1.70 bits per heavy atom. The van der Waals surface area contributed by atoms with Crippen molar-refractivity contribution < 1.29 is 0 Å². The number of para-hydroxylation sites is 2. The zero-order valence-corrected chi connectivity index (χ0v) is 12.9. The van der Waals surface area contributed by atoms with Gasteiger partial charge in [0.25, 0.3) is 0 Å². The van der Waals surface area contributed by atoms with Gasteiger partial charge >= 0.3 is 0 Å². The number of rotatable bonds is 3. The molecule has 2 aromatic carbocycles. The number of anilines is 2. The van der Waals surface area contributed by atoms with Gasteiger partial charge in [-0.3, -0.25) is 0 Å². The van der Waals surface area contributed by atoms with Gasteiger partial charge in [-0.2, -0.15) is 0 Å². The predicted molar refractivity (Wildman–Crippen MR) is 88.0 cm³/mol. The number of thioether (sulfide) groups is 1. The van der Waals surface area contributed by atoms with Crippen LogP contribution in [0.15, 0.2) is 53.4 Å². The standard InChI is InChI=1S/C17H20N2S/c1-18(2)11-12-19-15-8-4-3-7-14(15)13-20-17-10-6-5-9-16(17)19/h3-10H,11-13H2,1-2H3. The van der Waals surface area contributed by atoms with E-state index in [4.69, 9.17) is 0 Å². The first kappa shape index (κ1) is 13.5. The molecule has 0 N–H and O–H groups in total. The third-order valence-electron chi connectivity index (χ3n) is 3.59. The molecule has 0 radical (unpaired) electrons. The first-order valence-corrected chi connectivity index (χ1v) is 7.96. The van der Waals surface area contributed by atoms with Gasteiger partial charge in [0.05, 0.1) is 5.69 Å². The summed E-state index contributed by atoms with van der Waals surface area (Å²) >= 11 is 1.93. The molecule has 0 fully saturated rings. The van der Waals surface area contributed by atoms with Crippen LogP contribution in [0.25, 0.3) is 0 Å². The number of benzene rings is 2. The molecule has 0 unspecified atom stereocenters. The number of hydrogen-bond acceptors (Lipinski definition) is 3. The van der Waals surface area contributed by atoms with Gasteiger partial charge < -0.3 is 9.80 Å². The maximum atomic E-state index is 2.46. The molecule has 0 amide bonds. The average Bonchev–Trinajstić information content (AvgIpc) is 2.62. The summed E-state index contributed by atoms with van der Waals surface area (Å²) in [4.78, 5) is 6.08. The molecule has 0 saturated heterocycles. The highest BCUT2D eigenvalue weighted by Crippen LogP contribution is 2.42. The number of likely N-dealkylation sites (N-methyl/N-ethyl adjacent to an activating group) is 1. The van der Waals surface area contributed by atoms with Crippen LogP contribution in [-0.4, -0.2) is 32.1 Å². The summed E-state index contributed by atoms with van der Waals surface area (Å²) in [5.74, 6) is 1.05. The molecule has 1 aliphatic heterocycles. The van der Waals surface area contributed by atoms with Crippen LogP contribution in [0.4, 0.5) is 11.4 Å². The molecule has 0 saturated carbocycles. The van der Waals surface area contributed by atoms with Crippen molar-refractivity contribution in [2.75, 3.05) is 32.1 Å². The first-order chi connectivity index (χ1) is 9.75. The lowest BCUT2D eigenvalue weighted by Gasteiger charge is -2.27. The lowest BCUT2D eigenvalue weighted by molar-refractivity contribution is 0.418. The largest absolute Gasteiger partial charge is 0.339 e. The maximum Gasteiger partial charge on any atom is 0.0549 e. The topological polar surface area (TPSA) is 6.48 Å². The van der Waals surface area contributed by atoms with E-state index in [1.165, 1.54) is 21.8 Å². The molecule has 3 rings (SSSR count). The molecule has 2 aromatic rings. The summed E-state index contributed by atoms with van der Waals surface area (Å²) in [6, 6.07) is 17.5. The molecule has 20 heavy (non-hydrogen) atoms. The second kappa shape index (κ2) is 5.90. The highest BCUT2D eigenvalue weighted by molar-refractivity contribution is 7.98. The molecule has 0 aromatic heterocycles. The van der Waals surface area contributed by atoms with E-state index in [0.717, 1.165) is 18.8 Å². The lowest BCUT2D eigenvalue weighted by Crippen LogP contribution is -2.28. The molecule has 1 aliphatic rings. The second-order valence-corrected chi connectivity index (χ2v) is 6.36. The summed E-state index contributed by atoms with van der Waals surface area (Å²) in [7, 11) is 4.26. The van der Waals surface area contributed by atoms with Crippen LogP contribution >= 0.6 is 11.8 Å². The smallest absolute Gasteiger partial charge is 0.0549 e. The summed E-state index contributed by atoms with van der Waals surface area (Å²) in [6.07, 6.45) is 0. The van der Waals surface area contributed by atoms with Crippen LogP contribution in [0.5, 0.6) is 0 Å². The van der Waals surface area contributed by atoms with Crippen molar-refractivity contribution in [3.63, 3.8) is 0 Å². The fourth-order valence-corrected chi connectivity index (χ4v) is 3.58. The van der Waals surface area contributed by atoms with E-state index in [0.29, 0.717) is 0 Å². The third-order valence-corrected chi connectivity index (χ3v) is 4.70. The van der Waals surface area contributed by atoms with Gasteiger partial charge in [0.15, 0.2) is 0 Å². The molecule has 2 nitrogen and oxygen atoms in total. The Hall–Kier alpha value is -1.45. The van der Waals surface area contributed by atoms with Crippen molar-refractivity contribution in [3.05, 3.63) is 54.1 Å². The highest BCUT2D eigenvalue weighted by Gasteiger charge is 2.20. The van der Waals surface area contributed by atoms with Crippen molar-refractivity contribution in [2.24, 2.45) is 0 Å². The lowest BCUT2D eigenvalue weighted by atomic mass is 10.1. The van der Waals surface area contributed by atoms with Crippen molar-refractivity contribution in [3.8, 4) is 0 Å². The van der Waals surface area contributed by atoms with Gasteiger partial charge in [-0.1, -0.05) is 30.3 Å². The zero-order chi connectivity index (χ0) is 13.9. The van der Waals surface area contributed by atoms with E-state index in [1.54, 1.807) is 0 Å². The van der Waals surface area contributed by atoms with Gasteiger partial charge in [0, 0.05) is 29.4 Å². The molecule has 0 spiro atoms. The minimum absolute atomic E-state index is 1.02. The Balaban J connectivity index is 2.04. The van der Waals surface area contributed by atoms with Gasteiger partial charge in [0.1, 0.15) is 0 Å². The van der Waals surface area contributed by atoms with Crippen LogP contribution in [0.2, 0.25) is 0 Å². The monoisotopic (exact) mass is 284 g/mol. The normalized spacial score (nSPS) is 13.8. The molecule has 0 aliphatic carbocycles. The zero-order valence-electron chi connectivity index (χ0n) is 12.0. The summed E-state index contributed by atoms with van der Waals surface area (Å²) in [5.41, 5.74) is 4.11. The van der Waals surface area contributed by atoms with E-state index in [-0.39, 0.29) is 0 Å². The fraction of sp³-hybridized carbons (Fsp3) is 0.294. The van der Waals surface area contributed by atoms with Crippen LogP contribution < -0.4 is 4.90 Å². The molecule has 3 heteroatoms. The van der Waals surface area contributed by atoms with Crippen molar-refractivity contribution in [1.82, 2.24) is 4.90 Å². The molecular weight excluding hydrogens is 264 g/mol. The Morgan fingerprint density at radius 3 is 2.50 bits per heavy atom. The minimum Gasteiger partial charge on any atom is -0.339 e. The minimum atomic E-state index is 1.02. The number of hydrogen-bond donors (Lipinski definition) is 0. The van der Waals surface area contributed by atoms with E-state index >= 15 is 0 Å². The summed E-state index contributed by atoms with van der Waals surface area (Å²) in [6.45, 7) is 2.06. The van der Waals surface area contributed by atoms with Gasteiger partial charge in [-0.05, 0) is 37.9 Å². The van der Waals surface area contributed by atoms with Crippen LogP contribution in [0, 0.1) is 0 Å². The molecule has 0 bridgehead atoms. The Bertz CT molecular complexity index is 548. The number of nitrogens with zero attached hydrogens (tertiary/aromatic N) is 2. The van der Waals surface area contributed by atoms with Gasteiger partial charge in [-0.25, -0.2) is 0 Å². The first-order valence-electron chi connectivity index (χ1n) is 6.98. The van der Waals surface area contributed by atoms with E-state index < -0.39 is 0 Å². The van der Waals surface area contributed by atoms with Crippen LogP contribution in [0.1, 0.15) is 5.56 Å². The van der Waals surface area contributed by atoms with E-state index in [1.807, 2.05) is 11.8 Å². The Labute approximate surface area is 125 Å². The molecular formula is C17H20N2S. The SMILES string of the molecule is CN(C)CCN1c2ccccc2CSc2ccccc21. The average molecular weight is 284 g/mol. The van der Waals surface area contributed by atoms with Crippen LogP contribution in [-0.2, 0) is 5.75 Å². The van der Waals surface area contributed by atoms with E-state index in [9.17, 15) is 0 Å². The van der Waals surface area contributed by atoms with E-state index in [2.05, 4.69) is 72.4 Å². The van der Waals surface area contributed by atoms with Crippen molar-refractivity contribution in [2.45, 2.75) is 10.6 Å². The molecule has 1 heterocycles. The maximum absolute atomic E-state index is 2.46. The Morgan fingerprint density at radius 1 is 1.00 bits per heavy atom. The number of fused-ring (bicyclic) bond motifs is 2. The van der Waals surface area contributed by atoms with Gasteiger partial charge in [0.2, 0.25) is 0 Å². The summed E-state index contributed by atoms with van der Waals surface area (Å²) in [5, 5.41) is 0. The van der Waals surface area contributed by atoms with Crippen molar-refractivity contribution >= 4 is 23.1 Å². The second-order valence-electron chi connectivity index (χ2n) is 5.34. The Kier molecular flexibility index (Phi) is 3.99.